The third-order valence-corrected chi connectivity index (χ3v) is 4.52. The van der Waals surface area contributed by atoms with Crippen molar-refractivity contribution < 1.29 is 9.90 Å². The Hall–Kier alpha value is -0.570. The van der Waals surface area contributed by atoms with Crippen molar-refractivity contribution in [3.05, 3.63) is 0 Å². The van der Waals surface area contributed by atoms with Gasteiger partial charge < -0.3 is 10.4 Å². The number of aliphatic hydroxyl groups is 1. The van der Waals surface area contributed by atoms with Crippen molar-refractivity contribution in [1.82, 2.24) is 5.32 Å². The molecule has 0 aromatic carbocycles. The van der Waals surface area contributed by atoms with Gasteiger partial charge in [0.15, 0.2) is 0 Å². The Morgan fingerprint density at radius 2 is 1.90 bits per heavy atom. The van der Waals surface area contributed by atoms with E-state index in [1.807, 2.05) is 0 Å². The van der Waals surface area contributed by atoms with Gasteiger partial charge in [-0.2, -0.15) is 0 Å². The van der Waals surface area contributed by atoms with Crippen molar-refractivity contribution in [1.29, 1.82) is 0 Å². The lowest BCUT2D eigenvalue weighted by molar-refractivity contribution is -0.121. The maximum atomic E-state index is 11.8. The molecule has 0 heterocycles. The van der Waals surface area contributed by atoms with E-state index in [0.717, 1.165) is 31.7 Å². The van der Waals surface area contributed by atoms with E-state index in [9.17, 15) is 4.79 Å². The average molecular weight is 283 g/mol. The molecule has 0 aromatic rings. The maximum absolute atomic E-state index is 11.8. The number of rotatable bonds is 9. The normalized spacial score (nSPS) is 17.1. The number of hydrogen-bond acceptors (Lipinski definition) is 2. The smallest absolute Gasteiger partial charge is 0.220 e. The molecule has 1 saturated carbocycles. The number of nitrogens with one attached hydrogen (secondary N) is 1. The first-order valence-electron chi connectivity index (χ1n) is 8.41. The van der Waals surface area contributed by atoms with Gasteiger partial charge in [0.25, 0.3) is 0 Å². The van der Waals surface area contributed by atoms with Crippen molar-refractivity contribution in [2.75, 3.05) is 13.2 Å². The van der Waals surface area contributed by atoms with E-state index in [2.05, 4.69) is 19.2 Å². The van der Waals surface area contributed by atoms with Crippen molar-refractivity contribution in [3.8, 4) is 0 Å². The summed E-state index contributed by atoms with van der Waals surface area (Å²) >= 11 is 0. The number of amides is 1. The zero-order valence-corrected chi connectivity index (χ0v) is 13.4. The van der Waals surface area contributed by atoms with E-state index in [4.69, 9.17) is 5.11 Å². The standard InChI is InChI=1S/C17H33NO2/c1-17(2,12-7-13-19)14-18-16(20)11-6-10-15-8-4-3-5-9-15/h15,19H,3-14H2,1-2H3,(H,18,20). The van der Waals surface area contributed by atoms with Crippen molar-refractivity contribution in [2.45, 2.75) is 78.1 Å². The molecule has 0 unspecified atom stereocenters. The molecule has 0 aromatic heterocycles. The molecule has 3 nitrogen and oxygen atoms in total. The van der Waals surface area contributed by atoms with E-state index < -0.39 is 0 Å². The Kier molecular flexibility index (Phi) is 8.20. The summed E-state index contributed by atoms with van der Waals surface area (Å²) in [4.78, 5) is 11.8. The lowest BCUT2D eigenvalue weighted by atomic mass is 9.85. The molecule has 1 aliphatic carbocycles. The lowest BCUT2D eigenvalue weighted by Gasteiger charge is -2.25. The average Bonchev–Trinajstić information content (AvgIpc) is 2.44. The second kappa shape index (κ2) is 9.38. The first kappa shape index (κ1) is 17.5. The Balaban J connectivity index is 2.07. The molecule has 0 saturated heterocycles. The molecule has 0 aliphatic heterocycles. The Morgan fingerprint density at radius 1 is 1.20 bits per heavy atom. The second-order valence-corrected chi connectivity index (χ2v) is 7.16. The lowest BCUT2D eigenvalue weighted by Crippen LogP contribution is -2.34. The summed E-state index contributed by atoms with van der Waals surface area (Å²) in [6.07, 6.45) is 11.6. The van der Waals surface area contributed by atoms with Crippen LogP contribution in [0.25, 0.3) is 0 Å². The fourth-order valence-electron chi connectivity index (χ4n) is 3.10. The predicted molar refractivity (Wildman–Crippen MR) is 83.5 cm³/mol. The fraction of sp³-hybridized carbons (Fsp3) is 0.941. The van der Waals surface area contributed by atoms with E-state index in [1.165, 1.54) is 38.5 Å². The second-order valence-electron chi connectivity index (χ2n) is 7.16. The van der Waals surface area contributed by atoms with Crippen molar-refractivity contribution in [2.24, 2.45) is 11.3 Å². The fourth-order valence-corrected chi connectivity index (χ4v) is 3.10. The van der Waals surface area contributed by atoms with Crippen LogP contribution in [0, 0.1) is 11.3 Å². The Labute approximate surface area is 124 Å². The molecule has 1 rings (SSSR count). The van der Waals surface area contributed by atoms with Gasteiger partial charge in [-0.1, -0.05) is 46.0 Å². The molecule has 1 aliphatic rings. The highest BCUT2D eigenvalue weighted by Crippen LogP contribution is 2.27. The quantitative estimate of drug-likeness (QED) is 0.678. The molecule has 2 N–H and O–H groups in total. The van der Waals surface area contributed by atoms with Gasteiger partial charge in [0.1, 0.15) is 0 Å². The van der Waals surface area contributed by atoms with Crippen LogP contribution >= 0.6 is 0 Å². The number of carbonyl (C=O) groups excluding carboxylic acids is 1. The van der Waals surface area contributed by atoms with E-state index >= 15 is 0 Å². The van der Waals surface area contributed by atoms with Crippen molar-refractivity contribution in [3.63, 3.8) is 0 Å². The monoisotopic (exact) mass is 283 g/mol. The summed E-state index contributed by atoms with van der Waals surface area (Å²) in [6.45, 7) is 5.24. The predicted octanol–water partition coefficient (Wildman–Crippen LogP) is 3.65. The summed E-state index contributed by atoms with van der Waals surface area (Å²) in [7, 11) is 0. The summed E-state index contributed by atoms with van der Waals surface area (Å²) < 4.78 is 0. The summed E-state index contributed by atoms with van der Waals surface area (Å²) in [5.74, 6) is 1.07. The summed E-state index contributed by atoms with van der Waals surface area (Å²) in [5, 5.41) is 11.9. The summed E-state index contributed by atoms with van der Waals surface area (Å²) in [5.41, 5.74) is 0.0851. The third kappa shape index (κ3) is 7.88. The molecule has 1 fully saturated rings. The van der Waals surface area contributed by atoms with Gasteiger partial charge in [-0.3, -0.25) is 4.79 Å². The van der Waals surface area contributed by atoms with Crippen LogP contribution in [-0.4, -0.2) is 24.2 Å². The van der Waals surface area contributed by atoms with Gasteiger partial charge in [0, 0.05) is 19.6 Å². The first-order valence-corrected chi connectivity index (χ1v) is 8.41. The molecule has 1 amide bonds. The molecule has 0 bridgehead atoms. The number of aliphatic hydroxyl groups excluding tert-OH is 1. The highest BCUT2D eigenvalue weighted by Gasteiger charge is 2.18. The number of hydrogen-bond donors (Lipinski definition) is 2. The Bertz CT molecular complexity index is 270. The molecular weight excluding hydrogens is 250 g/mol. The maximum Gasteiger partial charge on any atom is 0.220 e. The van der Waals surface area contributed by atoms with Gasteiger partial charge in [-0.15, -0.1) is 0 Å². The highest BCUT2D eigenvalue weighted by molar-refractivity contribution is 5.75. The van der Waals surface area contributed by atoms with E-state index in [0.29, 0.717) is 6.42 Å². The first-order chi connectivity index (χ1) is 9.53. The largest absolute Gasteiger partial charge is 0.396 e. The Morgan fingerprint density at radius 3 is 2.55 bits per heavy atom. The van der Waals surface area contributed by atoms with Gasteiger partial charge >= 0.3 is 0 Å². The molecule has 118 valence electrons. The zero-order chi connectivity index (χ0) is 14.8. The SMILES string of the molecule is CC(C)(CCCO)CNC(=O)CCCC1CCCCC1. The van der Waals surface area contributed by atoms with Gasteiger partial charge in [-0.25, -0.2) is 0 Å². The minimum Gasteiger partial charge on any atom is -0.396 e. The van der Waals surface area contributed by atoms with Gasteiger partial charge in [0.2, 0.25) is 5.91 Å². The molecular formula is C17H33NO2. The van der Waals surface area contributed by atoms with Crippen LogP contribution in [0.5, 0.6) is 0 Å². The van der Waals surface area contributed by atoms with Crippen LogP contribution in [0.2, 0.25) is 0 Å². The summed E-state index contributed by atoms with van der Waals surface area (Å²) in [6, 6.07) is 0. The minimum atomic E-state index is 0.0851. The third-order valence-electron chi connectivity index (χ3n) is 4.52. The van der Waals surface area contributed by atoms with E-state index in [-0.39, 0.29) is 17.9 Å². The van der Waals surface area contributed by atoms with Gasteiger partial charge in [-0.05, 0) is 37.0 Å². The zero-order valence-electron chi connectivity index (χ0n) is 13.4. The molecule has 3 heteroatoms. The highest BCUT2D eigenvalue weighted by atomic mass is 16.2. The topological polar surface area (TPSA) is 49.3 Å². The minimum absolute atomic E-state index is 0.0851. The molecule has 0 spiro atoms. The van der Waals surface area contributed by atoms with Crippen molar-refractivity contribution >= 4 is 5.91 Å². The van der Waals surface area contributed by atoms with Gasteiger partial charge in [0.05, 0.1) is 0 Å². The molecule has 20 heavy (non-hydrogen) atoms. The van der Waals surface area contributed by atoms with E-state index in [1.54, 1.807) is 0 Å². The van der Waals surface area contributed by atoms with Crippen LogP contribution < -0.4 is 5.32 Å². The molecule has 0 radical (unpaired) electrons. The van der Waals surface area contributed by atoms with Crippen LogP contribution in [-0.2, 0) is 4.79 Å². The van der Waals surface area contributed by atoms with Crippen LogP contribution in [0.4, 0.5) is 0 Å². The number of carbonyl (C=O) groups is 1. The molecule has 0 atom stereocenters. The van der Waals surface area contributed by atoms with Crippen LogP contribution in [0.15, 0.2) is 0 Å². The van der Waals surface area contributed by atoms with Crippen LogP contribution in [0.3, 0.4) is 0 Å². The van der Waals surface area contributed by atoms with Crippen LogP contribution in [0.1, 0.15) is 78.1 Å².